The van der Waals surface area contributed by atoms with E-state index in [1.165, 1.54) is 18.2 Å². The van der Waals surface area contributed by atoms with Crippen LogP contribution in [0.2, 0.25) is 0 Å². The Bertz CT molecular complexity index is 1280. The average molecular weight is 464 g/mol. The maximum atomic E-state index is 13.1. The third-order valence-electron chi connectivity index (χ3n) is 5.34. The topological polar surface area (TPSA) is 75.3 Å². The number of nitrogens with one attached hydrogen (secondary N) is 2. The fraction of sp³-hybridized carbons (Fsp3) is 0.115. The third kappa shape index (κ3) is 5.06. The molecule has 0 heterocycles. The average Bonchev–Trinajstić information content (AvgIpc) is 2.82. The molecule has 172 valence electrons. The molecule has 0 aromatic heterocycles. The van der Waals surface area contributed by atoms with E-state index in [1.54, 1.807) is 48.5 Å². The van der Waals surface area contributed by atoms with Gasteiger partial charge in [-0.15, -0.1) is 0 Å². The molecule has 1 aliphatic carbocycles. The SMILES string of the molecule is O=C1C=C(N[C@H](Cc2ccccc2)C(=O)Nc2cccc(C(F)(F)F)c2)C(=O)c2ccccc21. The number of alkyl halides is 3. The van der Waals surface area contributed by atoms with Crippen LogP contribution in [0.5, 0.6) is 0 Å². The molecule has 1 aliphatic rings. The number of benzene rings is 3. The highest BCUT2D eigenvalue weighted by Crippen LogP contribution is 2.30. The fourth-order valence-corrected chi connectivity index (χ4v) is 3.67. The summed E-state index contributed by atoms with van der Waals surface area (Å²) in [5.74, 6) is -1.47. The van der Waals surface area contributed by atoms with E-state index >= 15 is 0 Å². The molecule has 8 heteroatoms. The second-order valence-corrected chi connectivity index (χ2v) is 7.75. The minimum Gasteiger partial charge on any atom is -0.370 e. The zero-order valence-electron chi connectivity index (χ0n) is 17.7. The first-order valence-electron chi connectivity index (χ1n) is 10.4. The van der Waals surface area contributed by atoms with Crippen LogP contribution in [0.4, 0.5) is 18.9 Å². The summed E-state index contributed by atoms with van der Waals surface area (Å²) in [5, 5.41) is 5.33. The fourth-order valence-electron chi connectivity index (χ4n) is 3.67. The van der Waals surface area contributed by atoms with Gasteiger partial charge in [-0.2, -0.15) is 13.2 Å². The maximum Gasteiger partial charge on any atom is 0.416 e. The quantitative estimate of drug-likeness (QED) is 0.549. The molecule has 0 bridgehead atoms. The van der Waals surface area contributed by atoms with Gasteiger partial charge in [-0.25, -0.2) is 0 Å². The van der Waals surface area contributed by atoms with E-state index in [-0.39, 0.29) is 34.7 Å². The van der Waals surface area contributed by atoms with Gasteiger partial charge >= 0.3 is 6.18 Å². The molecule has 2 N–H and O–H groups in total. The molecule has 0 fully saturated rings. The first-order valence-corrected chi connectivity index (χ1v) is 10.4. The molecule has 1 amide bonds. The number of rotatable bonds is 6. The Hall–Kier alpha value is -4.20. The van der Waals surface area contributed by atoms with Gasteiger partial charge in [0.05, 0.1) is 11.3 Å². The van der Waals surface area contributed by atoms with Crippen molar-refractivity contribution in [2.75, 3.05) is 5.32 Å². The number of Topliss-reactive ketones (excluding diaryl/α,β-unsaturated/α-hetero) is 1. The summed E-state index contributed by atoms with van der Waals surface area (Å²) in [6.45, 7) is 0. The molecule has 0 unspecified atom stereocenters. The van der Waals surface area contributed by atoms with Crippen LogP contribution in [-0.2, 0) is 17.4 Å². The van der Waals surface area contributed by atoms with Crippen molar-refractivity contribution in [3.63, 3.8) is 0 Å². The molecule has 1 atom stereocenters. The Kier molecular flexibility index (Phi) is 6.32. The highest BCUT2D eigenvalue weighted by Gasteiger charge is 2.31. The predicted octanol–water partition coefficient (Wildman–Crippen LogP) is 4.81. The van der Waals surface area contributed by atoms with Crippen molar-refractivity contribution in [3.8, 4) is 0 Å². The molecular weight excluding hydrogens is 445 g/mol. The molecule has 0 radical (unpaired) electrons. The number of amides is 1. The van der Waals surface area contributed by atoms with Crippen molar-refractivity contribution in [1.82, 2.24) is 5.32 Å². The maximum absolute atomic E-state index is 13.1. The molecule has 0 aliphatic heterocycles. The van der Waals surface area contributed by atoms with E-state index in [9.17, 15) is 27.6 Å². The van der Waals surface area contributed by atoms with E-state index in [1.807, 2.05) is 0 Å². The molecule has 0 saturated heterocycles. The third-order valence-corrected chi connectivity index (χ3v) is 5.34. The van der Waals surface area contributed by atoms with Gasteiger partial charge in [0, 0.05) is 29.3 Å². The van der Waals surface area contributed by atoms with Gasteiger partial charge in [-0.3, -0.25) is 14.4 Å². The van der Waals surface area contributed by atoms with E-state index in [2.05, 4.69) is 10.6 Å². The normalized spacial score (nSPS) is 14.1. The minimum absolute atomic E-state index is 0.0370. The summed E-state index contributed by atoms with van der Waals surface area (Å²) in [6.07, 6.45) is -3.29. The summed E-state index contributed by atoms with van der Waals surface area (Å²) in [7, 11) is 0. The van der Waals surface area contributed by atoms with E-state index in [0.29, 0.717) is 0 Å². The summed E-state index contributed by atoms with van der Waals surface area (Å²) < 4.78 is 39.2. The van der Waals surface area contributed by atoms with Crippen LogP contribution in [0.25, 0.3) is 0 Å². The lowest BCUT2D eigenvalue weighted by molar-refractivity contribution is -0.137. The molecule has 3 aromatic carbocycles. The highest BCUT2D eigenvalue weighted by atomic mass is 19.4. The molecule has 0 spiro atoms. The van der Waals surface area contributed by atoms with Crippen molar-refractivity contribution in [3.05, 3.63) is 113 Å². The number of hydrogen-bond donors (Lipinski definition) is 2. The van der Waals surface area contributed by atoms with Crippen molar-refractivity contribution >= 4 is 23.2 Å². The Labute approximate surface area is 193 Å². The van der Waals surface area contributed by atoms with Crippen LogP contribution in [-0.4, -0.2) is 23.5 Å². The van der Waals surface area contributed by atoms with Crippen LogP contribution >= 0.6 is 0 Å². The Morgan fingerprint density at radius 3 is 2.24 bits per heavy atom. The highest BCUT2D eigenvalue weighted by molar-refractivity contribution is 6.24. The smallest absolute Gasteiger partial charge is 0.370 e. The van der Waals surface area contributed by atoms with Crippen LogP contribution in [0, 0.1) is 0 Å². The van der Waals surface area contributed by atoms with Crippen molar-refractivity contribution in [2.24, 2.45) is 0 Å². The lowest BCUT2D eigenvalue weighted by Crippen LogP contribution is -2.44. The van der Waals surface area contributed by atoms with Crippen molar-refractivity contribution in [1.29, 1.82) is 0 Å². The molecule has 0 saturated carbocycles. The Balaban J connectivity index is 1.61. The van der Waals surface area contributed by atoms with Gasteiger partial charge in [-0.05, 0) is 23.8 Å². The number of allylic oxidation sites excluding steroid dienone is 2. The van der Waals surface area contributed by atoms with Gasteiger partial charge in [0.15, 0.2) is 5.78 Å². The van der Waals surface area contributed by atoms with Crippen LogP contribution in [0.3, 0.4) is 0 Å². The molecule has 34 heavy (non-hydrogen) atoms. The van der Waals surface area contributed by atoms with Crippen molar-refractivity contribution in [2.45, 2.75) is 18.6 Å². The zero-order valence-corrected chi connectivity index (χ0v) is 17.7. The van der Waals surface area contributed by atoms with E-state index in [0.717, 1.165) is 23.8 Å². The zero-order chi connectivity index (χ0) is 24.3. The van der Waals surface area contributed by atoms with Gasteiger partial charge in [0.1, 0.15) is 6.04 Å². The Morgan fingerprint density at radius 1 is 0.853 bits per heavy atom. The minimum atomic E-state index is -4.56. The Morgan fingerprint density at radius 2 is 1.53 bits per heavy atom. The molecular formula is C26H19F3N2O3. The van der Waals surface area contributed by atoms with Crippen molar-refractivity contribution < 1.29 is 27.6 Å². The van der Waals surface area contributed by atoms with E-state index < -0.39 is 29.5 Å². The van der Waals surface area contributed by atoms with Gasteiger partial charge in [0.25, 0.3) is 0 Å². The molecule has 3 aromatic rings. The first-order chi connectivity index (χ1) is 16.2. The number of hydrogen-bond acceptors (Lipinski definition) is 4. The number of ketones is 2. The standard InChI is InChI=1S/C26H19F3N2O3/c27-26(28,29)17-9-6-10-18(14-17)30-25(34)22(13-16-7-2-1-3-8-16)31-21-15-23(32)19-11-4-5-12-20(19)24(21)33/h1-12,14-15,22,31H,13H2,(H,30,34)/t22-/m1/s1. The molecule has 4 rings (SSSR count). The number of anilines is 1. The van der Waals surface area contributed by atoms with Gasteiger partial charge in [0.2, 0.25) is 11.7 Å². The lowest BCUT2D eigenvalue weighted by atomic mass is 9.92. The summed E-state index contributed by atoms with van der Waals surface area (Å²) in [5.41, 5.74) is 0.259. The second-order valence-electron chi connectivity index (χ2n) is 7.75. The van der Waals surface area contributed by atoms with Gasteiger partial charge < -0.3 is 10.6 Å². The van der Waals surface area contributed by atoms with E-state index in [4.69, 9.17) is 0 Å². The van der Waals surface area contributed by atoms with Crippen LogP contribution in [0.15, 0.2) is 90.6 Å². The van der Waals surface area contributed by atoms with Gasteiger partial charge in [-0.1, -0.05) is 60.7 Å². The number of carbonyl (C=O) groups excluding carboxylic acids is 3. The number of carbonyl (C=O) groups is 3. The second kappa shape index (κ2) is 9.35. The van der Waals surface area contributed by atoms with Crippen LogP contribution < -0.4 is 10.6 Å². The monoisotopic (exact) mass is 464 g/mol. The predicted molar refractivity (Wildman–Crippen MR) is 120 cm³/mol. The number of halogens is 3. The van der Waals surface area contributed by atoms with Crippen LogP contribution in [0.1, 0.15) is 31.8 Å². The summed E-state index contributed by atoms with van der Waals surface area (Å²) >= 11 is 0. The molecule has 5 nitrogen and oxygen atoms in total. The largest absolute Gasteiger partial charge is 0.416 e. The lowest BCUT2D eigenvalue weighted by Gasteiger charge is -2.23. The summed E-state index contributed by atoms with van der Waals surface area (Å²) in [6, 6.07) is 18.5. The first kappa shape index (κ1) is 23.0. The summed E-state index contributed by atoms with van der Waals surface area (Å²) in [4.78, 5) is 38.6. The number of fused-ring (bicyclic) bond motifs is 1.